The average Bonchev–Trinajstić information content (AvgIpc) is 2.20. The molecule has 5 heteroatoms. The third-order valence-corrected chi connectivity index (χ3v) is 2.50. The Bertz CT molecular complexity index is 342. The number of nitrogens with one attached hydrogen (secondary N) is 1. The van der Waals surface area contributed by atoms with Crippen LogP contribution in [0.2, 0.25) is 10.0 Å². The molecule has 0 atom stereocenters. The minimum absolute atomic E-state index is 0.298. The number of ether oxygens (including phenoxy) is 1. The lowest BCUT2D eigenvalue weighted by Crippen LogP contribution is -2.22. The zero-order valence-corrected chi connectivity index (χ0v) is 9.02. The number of carbonyl (C=O) groups is 1. The summed E-state index contributed by atoms with van der Waals surface area (Å²) in [7, 11) is 1.30. The van der Waals surface area contributed by atoms with Crippen molar-refractivity contribution in [3.63, 3.8) is 0 Å². The van der Waals surface area contributed by atoms with E-state index in [9.17, 15) is 4.79 Å². The predicted molar refractivity (Wildman–Crippen MR) is 55.7 cm³/mol. The molecular formula is C9H9Cl2NO2. The molecule has 0 fully saturated rings. The lowest BCUT2D eigenvalue weighted by Gasteiger charge is -2.06. The summed E-state index contributed by atoms with van der Waals surface area (Å²) in [4.78, 5) is 10.8. The Morgan fingerprint density at radius 1 is 1.50 bits per heavy atom. The van der Waals surface area contributed by atoms with E-state index < -0.39 is 6.09 Å². The first-order valence-corrected chi connectivity index (χ1v) is 4.65. The van der Waals surface area contributed by atoms with Gasteiger partial charge in [0, 0.05) is 6.54 Å². The fourth-order valence-electron chi connectivity index (χ4n) is 0.925. The first-order chi connectivity index (χ1) is 6.65. The Morgan fingerprint density at radius 3 is 2.86 bits per heavy atom. The summed E-state index contributed by atoms with van der Waals surface area (Å²) >= 11 is 11.7. The lowest BCUT2D eigenvalue weighted by molar-refractivity contribution is 0.170. The molecule has 14 heavy (non-hydrogen) atoms. The molecule has 0 saturated carbocycles. The maximum Gasteiger partial charge on any atom is 0.407 e. The highest BCUT2D eigenvalue weighted by Gasteiger charge is 2.05. The zero-order valence-electron chi connectivity index (χ0n) is 7.51. The molecule has 1 rings (SSSR count). The fourth-order valence-corrected chi connectivity index (χ4v) is 1.31. The largest absolute Gasteiger partial charge is 0.453 e. The first-order valence-electron chi connectivity index (χ1n) is 3.90. The Hall–Kier alpha value is -0.930. The van der Waals surface area contributed by atoms with Gasteiger partial charge in [-0.05, 0) is 11.6 Å². The number of rotatable bonds is 2. The van der Waals surface area contributed by atoms with Crippen molar-refractivity contribution < 1.29 is 9.53 Å². The zero-order chi connectivity index (χ0) is 10.6. The number of methoxy groups -OCH3 is 1. The molecule has 0 aliphatic rings. The van der Waals surface area contributed by atoms with Crippen LogP contribution in [0.5, 0.6) is 0 Å². The van der Waals surface area contributed by atoms with Crippen molar-refractivity contribution >= 4 is 29.3 Å². The number of amides is 1. The van der Waals surface area contributed by atoms with E-state index in [4.69, 9.17) is 23.2 Å². The van der Waals surface area contributed by atoms with Crippen LogP contribution in [0.1, 0.15) is 5.56 Å². The van der Waals surface area contributed by atoms with Crippen LogP contribution in [-0.2, 0) is 11.3 Å². The standard InChI is InChI=1S/C9H9Cl2NO2/c1-14-9(13)12-5-6-3-2-4-7(10)8(6)11/h2-4H,5H2,1H3,(H,12,13). The van der Waals surface area contributed by atoms with Crippen LogP contribution in [0.15, 0.2) is 18.2 Å². The molecule has 0 radical (unpaired) electrons. The summed E-state index contributed by atoms with van der Waals surface area (Å²) in [6.45, 7) is 0.298. The van der Waals surface area contributed by atoms with Crippen LogP contribution in [0.25, 0.3) is 0 Å². The molecule has 1 N–H and O–H groups in total. The van der Waals surface area contributed by atoms with Crippen LogP contribution in [-0.4, -0.2) is 13.2 Å². The SMILES string of the molecule is COC(=O)NCc1cccc(Cl)c1Cl. The number of alkyl carbamates (subject to hydrolysis) is 1. The number of hydrogen-bond donors (Lipinski definition) is 1. The number of carbonyl (C=O) groups excluding carboxylic acids is 1. The summed E-state index contributed by atoms with van der Waals surface area (Å²) in [5, 5.41) is 3.43. The third kappa shape index (κ3) is 2.79. The Morgan fingerprint density at radius 2 is 2.21 bits per heavy atom. The van der Waals surface area contributed by atoms with E-state index in [0.29, 0.717) is 16.6 Å². The average molecular weight is 234 g/mol. The van der Waals surface area contributed by atoms with Crippen molar-refractivity contribution in [1.29, 1.82) is 0 Å². The minimum atomic E-state index is -0.499. The predicted octanol–water partition coefficient (Wildman–Crippen LogP) is 2.85. The summed E-state index contributed by atoms with van der Waals surface area (Å²) in [5.41, 5.74) is 0.754. The smallest absolute Gasteiger partial charge is 0.407 e. The molecule has 1 aromatic carbocycles. The van der Waals surface area contributed by atoms with E-state index in [1.165, 1.54) is 7.11 Å². The van der Waals surface area contributed by atoms with Gasteiger partial charge in [-0.25, -0.2) is 4.79 Å². The van der Waals surface area contributed by atoms with Gasteiger partial charge in [-0.2, -0.15) is 0 Å². The molecule has 0 unspecified atom stereocenters. The maximum absolute atomic E-state index is 10.8. The van der Waals surface area contributed by atoms with Gasteiger partial charge in [0.2, 0.25) is 0 Å². The second kappa shape index (κ2) is 5.08. The second-order valence-electron chi connectivity index (χ2n) is 2.56. The molecule has 0 aliphatic heterocycles. The molecule has 1 amide bonds. The van der Waals surface area contributed by atoms with E-state index in [2.05, 4.69) is 10.1 Å². The molecule has 3 nitrogen and oxygen atoms in total. The van der Waals surface area contributed by atoms with Crippen LogP contribution in [0.4, 0.5) is 4.79 Å². The van der Waals surface area contributed by atoms with Gasteiger partial charge >= 0.3 is 6.09 Å². The highest BCUT2D eigenvalue weighted by Crippen LogP contribution is 2.25. The highest BCUT2D eigenvalue weighted by molar-refractivity contribution is 6.42. The van der Waals surface area contributed by atoms with Crippen molar-refractivity contribution in [3.8, 4) is 0 Å². The van der Waals surface area contributed by atoms with Gasteiger partial charge in [0.15, 0.2) is 0 Å². The van der Waals surface area contributed by atoms with Gasteiger partial charge in [0.05, 0.1) is 17.2 Å². The van der Waals surface area contributed by atoms with Crippen molar-refractivity contribution in [2.75, 3.05) is 7.11 Å². The highest BCUT2D eigenvalue weighted by atomic mass is 35.5. The maximum atomic E-state index is 10.8. The van der Waals surface area contributed by atoms with Gasteiger partial charge in [-0.3, -0.25) is 0 Å². The van der Waals surface area contributed by atoms with Crippen LogP contribution < -0.4 is 5.32 Å². The molecule has 0 aromatic heterocycles. The number of benzene rings is 1. The molecule has 0 heterocycles. The Kier molecular flexibility index (Phi) is 4.04. The molecule has 0 bridgehead atoms. The van der Waals surface area contributed by atoms with Crippen LogP contribution in [0.3, 0.4) is 0 Å². The Balaban J connectivity index is 2.68. The van der Waals surface area contributed by atoms with E-state index >= 15 is 0 Å². The van der Waals surface area contributed by atoms with Crippen molar-refractivity contribution in [3.05, 3.63) is 33.8 Å². The van der Waals surface area contributed by atoms with Crippen molar-refractivity contribution in [2.45, 2.75) is 6.54 Å². The molecular weight excluding hydrogens is 225 g/mol. The molecule has 1 aromatic rings. The van der Waals surface area contributed by atoms with Crippen LogP contribution >= 0.6 is 23.2 Å². The van der Waals surface area contributed by atoms with Crippen LogP contribution in [0, 0.1) is 0 Å². The quantitative estimate of drug-likeness (QED) is 0.854. The summed E-state index contributed by atoms with van der Waals surface area (Å²) in [6.07, 6.45) is -0.499. The van der Waals surface area contributed by atoms with Gasteiger partial charge in [0.1, 0.15) is 0 Å². The van der Waals surface area contributed by atoms with Gasteiger partial charge < -0.3 is 10.1 Å². The number of hydrogen-bond acceptors (Lipinski definition) is 2. The molecule has 0 aliphatic carbocycles. The topological polar surface area (TPSA) is 38.3 Å². The van der Waals surface area contributed by atoms with E-state index in [-0.39, 0.29) is 0 Å². The van der Waals surface area contributed by atoms with Gasteiger partial charge in [-0.15, -0.1) is 0 Å². The fraction of sp³-hybridized carbons (Fsp3) is 0.222. The monoisotopic (exact) mass is 233 g/mol. The normalized spacial score (nSPS) is 9.64. The van der Waals surface area contributed by atoms with Crippen molar-refractivity contribution in [1.82, 2.24) is 5.32 Å². The van der Waals surface area contributed by atoms with Gasteiger partial charge in [-0.1, -0.05) is 35.3 Å². The van der Waals surface area contributed by atoms with Crippen molar-refractivity contribution in [2.24, 2.45) is 0 Å². The van der Waals surface area contributed by atoms with E-state index in [0.717, 1.165) is 5.56 Å². The van der Waals surface area contributed by atoms with Gasteiger partial charge in [0.25, 0.3) is 0 Å². The van der Waals surface area contributed by atoms with E-state index in [1.54, 1.807) is 18.2 Å². The molecule has 0 spiro atoms. The first kappa shape index (κ1) is 11.1. The van der Waals surface area contributed by atoms with E-state index in [1.807, 2.05) is 0 Å². The lowest BCUT2D eigenvalue weighted by atomic mass is 10.2. The molecule has 0 saturated heterocycles. The third-order valence-electron chi connectivity index (χ3n) is 1.64. The minimum Gasteiger partial charge on any atom is -0.453 e. The summed E-state index contributed by atoms with van der Waals surface area (Å²) in [5.74, 6) is 0. The Labute approximate surface area is 92.0 Å². The molecule has 76 valence electrons. The number of halogens is 2. The summed E-state index contributed by atoms with van der Waals surface area (Å²) < 4.78 is 4.42. The summed E-state index contributed by atoms with van der Waals surface area (Å²) in [6, 6.07) is 5.23. The second-order valence-corrected chi connectivity index (χ2v) is 3.34.